The zero-order chi connectivity index (χ0) is 28.8. The molecule has 0 amide bonds. The number of benzene rings is 2. The van der Waals surface area contributed by atoms with E-state index in [1.165, 1.54) is 17.1 Å². The smallest absolute Gasteiger partial charge is 0.434 e. The van der Waals surface area contributed by atoms with Gasteiger partial charge in [-0.15, -0.1) is 6.42 Å². The number of imidazole rings is 1. The Balaban J connectivity index is 1.51. The average Bonchev–Trinajstić information content (AvgIpc) is 3.37. The fraction of sp³-hybridized carbons (Fsp3) is 0.345. The van der Waals surface area contributed by atoms with Gasteiger partial charge >= 0.3 is 5.95 Å². The Bertz CT molecular complexity index is 1580. The van der Waals surface area contributed by atoms with Gasteiger partial charge in [-0.25, -0.2) is 14.5 Å². The third-order valence-corrected chi connectivity index (χ3v) is 7.00. The second kappa shape index (κ2) is 12.6. The molecule has 1 fully saturated rings. The molecule has 0 bridgehead atoms. The molecule has 0 aliphatic carbocycles. The minimum atomic E-state index is -0.512. The third kappa shape index (κ3) is 6.21. The Morgan fingerprint density at radius 2 is 2.00 bits per heavy atom. The molecule has 2 aromatic heterocycles. The van der Waals surface area contributed by atoms with Crippen molar-refractivity contribution in [2.24, 2.45) is 7.05 Å². The van der Waals surface area contributed by atoms with E-state index in [0.29, 0.717) is 40.7 Å². The number of nitro groups is 1. The summed E-state index contributed by atoms with van der Waals surface area (Å²) in [6, 6.07) is 11.2. The molecular weight excluding hydrogens is 526 g/mol. The van der Waals surface area contributed by atoms with Gasteiger partial charge in [0.1, 0.15) is 24.0 Å². The Hall–Kier alpha value is -4.73. The predicted molar refractivity (Wildman–Crippen MR) is 154 cm³/mol. The zero-order valence-electron chi connectivity index (χ0n) is 23.0. The normalized spacial score (nSPS) is 13.6. The summed E-state index contributed by atoms with van der Waals surface area (Å²) < 4.78 is 18.7. The Morgan fingerprint density at radius 3 is 2.73 bits per heavy atom. The van der Waals surface area contributed by atoms with E-state index in [1.807, 2.05) is 41.3 Å². The fourth-order valence-electron chi connectivity index (χ4n) is 4.80. The minimum absolute atomic E-state index is 0.235. The van der Waals surface area contributed by atoms with Gasteiger partial charge in [0, 0.05) is 42.3 Å². The molecule has 1 saturated heterocycles. The van der Waals surface area contributed by atoms with Crippen molar-refractivity contribution in [3.63, 3.8) is 0 Å². The summed E-state index contributed by atoms with van der Waals surface area (Å²) in [5.74, 6) is 4.14. The molecule has 0 atom stereocenters. The highest BCUT2D eigenvalue weighted by Crippen LogP contribution is 2.38. The number of morpholine rings is 1. The quantitative estimate of drug-likeness (QED) is 0.117. The lowest BCUT2D eigenvalue weighted by Crippen LogP contribution is -2.37. The highest BCUT2D eigenvalue weighted by molar-refractivity contribution is 5.93. The molecule has 0 saturated carbocycles. The number of terminal acetylenes is 1. The molecule has 0 radical (unpaired) electrons. The molecule has 12 nitrogen and oxygen atoms in total. The number of hydrogen-bond donors (Lipinski definition) is 0. The van der Waals surface area contributed by atoms with Gasteiger partial charge in [-0.2, -0.15) is 0 Å². The first-order chi connectivity index (χ1) is 20.0. The summed E-state index contributed by atoms with van der Waals surface area (Å²) in [5.41, 5.74) is 2.71. The van der Waals surface area contributed by atoms with Gasteiger partial charge in [0.15, 0.2) is 11.5 Å². The fourth-order valence-corrected chi connectivity index (χ4v) is 4.80. The van der Waals surface area contributed by atoms with Crippen LogP contribution in [0.15, 0.2) is 48.9 Å². The van der Waals surface area contributed by atoms with Gasteiger partial charge in [-0.05, 0) is 35.6 Å². The van der Waals surface area contributed by atoms with Crippen LogP contribution in [0.25, 0.3) is 10.9 Å². The van der Waals surface area contributed by atoms with Gasteiger partial charge in [0.25, 0.3) is 0 Å². The summed E-state index contributed by atoms with van der Waals surface area (Å²) in [7, 11) is 3.21. The molecule has 2 aromatic carbocycles. The van der Waals surface area contributed by atoms with E-state index in [2.05, 4.69) is 25.8 Å². The largest absolute Gasteiger partial charge is 0.493 e. The van der Waals surface area contributed by atoms with Crippen molar-refractivity contribution in [1.29, 1.82) is 0 Å². The van der Waals surface area contributed by atoms with Crippen LogP contribution in [-0.4, -0.2) is 75.9 Å². The minimum Gasteiger partial charge on any atom is -0.493 e. The Labute approximate surface area is 237 Å². The molecule has 0 unspecified atom stereocenters. The number of ether oxygens (including phenoxy) is 3. The van der Waals surface area contributed by atoms with E-state index < -0.39 is 4.92 Å². The number of rotatable bonds is 11. The molecule has 1 aliphatic heterocycles. The highest BCUT2D eigenvalue weighted by Gasteiger charge is 2.24. The lowest BCUT2D eigenvalue weighted by Gasteiger charge is -2.26. The topological polar surface area (TPSA) is 121 Å². The van der Waals surface area contributed by atoms with Crippen LogP contribution in [0.5, 0.6) is 11.5 Å². The van der Waals surface area contributed by atoms with Gasteiger partial charge in [-0.1, -0.05) is 17.0 Å². The van der Waals surface area contributed by atoms with Gasteiger partial charge in [0.2, 0.25) is 0 Å². The highest BCUT2D eigenvalue weighted by atomic mass is 16.6. The van der Waals surface area contributed by atoms with Crippen LogP contribution in [0.4, 0.5) is 17.5 Å². The molecule has 12 heteroatoms. The maximum absolute atomic E-state index is 11.4. The van der Waals surface area contributed by atoms with Crippen LogP contribution in [-0.2, 0) is 18.3 Å². The van der Waals surface area contributed by atoms with E-state index in [1.54, 1.807) is 14.2 Å². The molecular formula is C29H31N7O5. The molecule has 4 aromatic rings. The number of hydrogen-bond acceptors (Lipinski definition) is 10. The molecule has 41 heavy (non-hydrogen) atoms. The summed E-state index contributed by atoms with van der Waals surface area (Å²) in [6.07, 6.45) is 9.51. The van der Waals surface area contributed by atoms with Crippen LogP contribution in [0.1, 0.15) is 17.7 Å². The Kier molecular flexibility index (Phi) is 8.57. The molecule has 0 spiro atoms. The van der Waals surface area contributed by atoms with Crippen LogP contribution in [0.3, 0.4) is 0 Å². The predicted octanol–water partition coefficient (Wildman–Crippen LogP) is 3.70. The SMILES string of the molecule is C#Cc1cccc(N(Cc2cnc([N+](=O)[O-])n2C)c2ncnc3cc(OC)c(OCCCN4CCOCC4)cc23)c1. The molecule has 1 aliphatic rings. The molecule has 212 valence electrons. The summed E-state index contributed by atoms with van der Waals surface area (Å²) in [4.78, 5) is 28.3. The first-order valence-electron chi connectivity index (χ1n) is 13.2. The average molecular weight is 558 g/mol. The van der Waals surface area contributed by atoms with Gasteiger partial charge < -0.3 is 29.2 Å². The van der Waals surface area contributed by atoms with E-state index in [4.69, 9.17) is 20.6 Å². The number of nitrogens with zero attached hydrogens (tertiary/aromatic N) is 7. The van der Waals surface area contributed by atoms with E-state index in [0.717, 1.165) is 50.3 Å². The maximum atomic E-state index is 11.4. The van der Waals surface area contributed by atoms with Crippen LogP contribution >= 0.6 is 0 Å². The van der Waals surface area contributed by atoms with Gasteiger partial charge in [0.05, 0.1) is 46.0 Å². The number of methoxy groups -OCH3 is 1. The van der Waals surface area contributed by atoms with Crippen molar-refractivity contribution in [3.8, 4) is 23.8 Å². The monoisotopic (exact) mass is 557 g/mol. The van der Waals surface area contributed by atoms with Crippen LogP contribution in [0, 0.1) is 22.5 Å². The van der Waals surface area contributed by atoms with Crippen LogP contribution in [0.2, 0.25) is 0 Å². The van der Waals surface area contributed by atoms with Crippen molar-refractivity contribution in [3.05, 3.63) is 70.3 Å². The van der Waals surface area contributed by atoms with E-state index in [9.17, 15) is 10.1 Å². The molecule has 5 rings (SSSR count). The summed E-state index contributed by atoms with van der Waals surface area (Å²) in [5, 5.41) is 12.2. The first kappa shape index (κ1) is 27.8. The van der Waals surface area contributed by atoms with Crippen molar-refractivity contribution < 1.29 is 19.1 Å². The molecule has 3 heterocycles. The van der Waals surface area contributed by atoms with Gasteiger partial charge in [-0.3, -0.25) is 4.90 Å². The second-order valence-electron chi connectivity index (χ2n) is 9.52. The molecule has 0 N–H and O–H groups in total. The van der Waals surface area contributed by atoms with Crippen molar-refractivity contribution >= 4 is 28.4 Å². The maximum Gasteiger partial charge on any atom is 0.434 e. The number of anilines is 2. The van der Waals surface area contributed by atoms with Crippen molar-refractivity contribution in [1.82, 2.24) is 24.4 Å². The second-order valence-corrected chi connectivity index (χ2v) is 9.52. The lowest BCUT2D eigenvalue weighted by atomic mass is 10.1. The lowest BCUT2D eigenvalue weighted by molar-refractivity contribution is -0.396. The summed E-state index contributed by atoms with van der Waals surface area (Å²) in [6.45, 7) is 5.04. The first-order valence-corrected chi connectivity index (χ1v) is 13.2. The van der Waals surface area contributed by atoms with Crippen LogP contribution < -0.4 is 14.4 Å². The summed E-state index contributed by atoms with van der Waals surface area (Å²) >= 11 is 0. The number of fused-ring (bicyclic) bond motifs is 1. The third-order valence-electron chi connectivity index (χ3n) is 7.00. The van der Waals surface area contributed by atoms with E-state index >= 15 is 0 Å². The van der Waals surface area contributed by atoms with E-state index in [-0.39, 0.29) is 12.5 Å². The Morgan fingerprint density at radius 1 is 1.17 bits per heavy atom. The standard InChI is InChI=1S/C29H31N7O5/c1-4-21-7-5-8-22(15-21)35(19-23-18-30-29(33(23)2)36(37)38)28-24-16-27(26(39-3)17-25(24)31-20-32-28)41-12-6-9-34-10-13-40-14-11-34/h1,5,7-8,15-18,20H,6,9-14,19H2,2-3H3. The van der Waals surface area contributed by atoms with Crippen molar-refractivity contribution in [2.75, 3.05) is 51.5 Å². The number of aromatic nitrogens is 4. The zero-order valence-corrected chi connectivity index (χ0v) is 23.0. The van der Waals surface area contributed by atoms with Crippen molar-refractivity contribution in [2.45, 2.75) is 13.0 Å².